The number of nitrogens with zero attached hydrogens (tertiary/aromatic N) is 3. The van der Waals surface area contributed by atoms with Crippen molar-refractivity contribution in [3.8, 4) is 5.75 Å². The smallest absolute Gasteiger partial charge is 0.303 e. The van der Waals surface area contributed by atoms with Crippen LogP contribution in [-0.2, 0) is 21.4 Å². The monoisotopic (exact) mass is 495 g/mol. The summed E-state index contributed by atoms with van der Waals surface area (Å²) in [5, 5.41) is 13.6. The lowest BCUT2D eigenvalue weighted by Crippen LogP contribution is -2.43. The molecule has 1 aliphatic rings. The van der Waals surface area contributed by atoms with E-state index < -0.39 is 22.1 Å². The highest BCUT2D eigenvalue weighted by atomic mass is 32.2. The number of carboxylic acids is 1. The van der Waals surface area contributed by atoms with Gasteiger partial charge in [0.2, 0.25) is 0 Å². The van der Waals surface area contributed by atoms with Gasteiger partial charge in [-0.05, 0) is 67.3 Å². The van der Waals surface area contributed by atoms with Gasteiger partial charge in [-0.15, -0.1) is 0 Å². The van der Waals surface area contributed by atoms with Crippen LogP contribution in [0.4, 0.5) is 5.69 Å². The fourth-order valence-electron chi connectivity index (χ4n) is 4.00. The Hall–Kier alpha value is -3.59. The molecule has 0 fully saturated rings. The van der Waals surface area contributed by atoms with Gasteiger partial charge >= 0.3 is 5.97 Å². The molecule has 0 aliphatic carbocycles. The van der Waals surface area contributed by atoms with Crippen LogP contribution in [0.15, 0.2) is 59.6 Å². The zero-order chi connectivity index (χ0) is 25.0. The number of fused-ring (bicyclic) bond motifs is 1. The second-order valence-electron chi connectivity index (χ2n) is 8.59. The number of hydrogen-bond donors (Lipinski definition) is 1. The largest absolute Gasteiger partial charge is 0.486 e. The van der Waals surface area contributed by atoms with Crippen molar-refractivity contribution in [3.05, 3.63) is 71.5 Å². The topological polar surface area (TPSA) is 102 Å². The van der Waals surface area contributed by atoms with Crippen molar-refractivity contribution in [2.45, 2.75) is 50.7 Å². The molecule has 4 rings (SSSR count). The molecule has 0 amide bonds. The maximum absolute atomic E-state index is 13.7. The van der Waals surface area contributed by atoms with Gasteiger partial charge in [-0.1, -0.05) is 31.2 Å². The van der Waals surface area contributed by atoms with Crippen molar-refractivity contribution in [2.24, 2.45) is 0 Å². The number of aliphatic carboxylic acids is 1. The average molecular weight is 496 g/mol. The number of aromatic nitrogens is 2. The number of anilines is 1. The molecule has 2 heterocycles. The summed E-state index contributed by atoms with van der Waals surface area (Å²) < 4.78 is 36.6. The Labute approximate surface area is 205 Å². The number of carbonyl (C=O) groups is 1. The van der Waals surface area contributed by atoms with Gasteiger partial charge < -0.3 is 9.84 Å². The van der Waals surface area contributed by atoms with E-state index in [-0.39, 0.29) is 24.3 Å². The molecule has 0 bridgehead atoms. The van der Waals surface area contributed by atoms with Gasteiger partial charge in [0.1, 0.15) is 11.9 Å². The number of sulfonamides is 1. The second-order valence-corrected chi connectivity index (χ2v) is 10.5. The summed E-state index contributed by atoms with van der Waals surface area (Å²) >= 11 is 0. The molecule has 9 heteroatoms. The Kier molecular flexibility index (Phi) is 7.25. The van der Waals surface area contributed by atoms with E-state index >= 15 is 0 Å². The molecule has 2 aromatic carbocycles. The Morgan fingerprint density at radius 3 is 2.77 bits per heavy atom. The summed E-state index contributed by atoms with van der Waals surface area (Å²) in [6.07, 6.45) is 6.22. The standard InChI is InChI=1S/C26H29N3O5S/c1-3-14-28-15-13-21(27-28)9-7-20-8-11-25-24(17-20)29(18-22(34-25)10-12-26(30)31)35(32,33)23-6-4-5-19(2)16-23/h4-9,11,13,15-17,22H,3,10,12,14,18H2,1-2H3,(H,30,31)/b9-7+/t22-/m0/s1. The normalized spacial score (nSPS) is 15.7. The first-order chi connectivity index (χ1) is 16.8. The third-order valence-electron chi connectivity index (χ3n) is 5.73. The van der Waals surface area contributed by atoms with E-state index in [2.05, 4.69) is 12.0 Å². The average Bonchev–Trinajstić information content (AvgIpc) is 3.28. The van der Waals surface area contributed by atoms with Gasteiger partial charge in [0.15, 0.2) is 0 Å². The number of carboxylic acid groups (broad SMARTS) is 1. The zero-order valence-electron chi connectivity index (χ0n) is 19.8. The van der Waals surface area contributed by atoms with Crippen LogP contribution >= 0.6 is 0 Å². The fraction of sp³-hybridized carbons (Fsp3) is 0.308. The summed E-state index contributed by atoms with van der Waals surface area (Å²) in [5.74, 6) is -0.540. The minimum atomic E-state index is -3.89. The van der Waals surface area contributed by atoms with Crippen LogP contribution < -0.4 is 9.04 Å². The van der Waals surface area contributed by atoms with Gasteiger partial charge in [-0.3, -0.25) is 13.8 Å². The van der Waals surface area contributed by atoms with E-state index in [0.717, 1.165) is 29.8 Å². The predicted octanol–water partition coefficient (Wildman–Crippen LogP) is 4.59. The molecule has 0 saturated heterocycles. The fourth-order valence-corrected chi connectivity index (χ4v) is 5.60. The molecule has 0 radical (unpaired) electrons. The molecular formula is C26H29N3O5S. The van der Waals surface area contributed by atoms with Crippen molar-refractivity contribution in [3.63, 3.8) is 0 Å². The summed E-state index contributed by atoms with van der Waals surface area (Å²) in [6, 6.07) is 14.0. The molecular weight excluding hydrogens is 466 g/mol. The molecule has 1 atom stereocenters. The van der Waals surface area contributed by atoms with Gasteiger partial charge in [0.25, 0.3) is 10.0 Å². The number of rotatable bonds is 9. The molecule has 184 valence electrons. The molecule has 1 aliphatic heterocycles. The molecule has 35 heavy (non-hydrogen) atoms. The maximum atomic E-state index is 13.7. The van der Waals surface area contributed by atoms with Crippen LogP contribution in [0.25, 0.3) is 12.2 Å². The van der Waals surface area contributed by atoms with Gasteiger partial charge in [0.05, 0.1) is 22.8 Å². The Morgan fingerprint density at radius 1 is 1.20 bits per heavy atom. The first-order valence-electron chi connectivity index (χ1n) is 11.6. The molecule has 8 nitrogen and oxygen atoms in total. The highest BCUT2D eigenvalue weighted by molar-refractivity contribution is 7.92. The van der Waals surface area contributed by atoms with Crippen molar-refractivity contribution >= 4 is 33.8 Å². The third kappa shape index (κ3) is 5.74. The van der Waals surface area contributed by atoms with E-state index in [1.54, 1.807) is 30.3 Å². The minimum absolute atomic E-state index is 0.0329. The lowest BCUT2D eigenvalue weighted by atomic mass is 10.1. The van der Waals surface area contributed by atoms with Crippen molar-refractivity contribution < 1.29 is 23.1 Å². The van der Waals surface area contributed by atoms with E-state index in [0.29, 0.717) is 11.4 Å². The Bertz CT molecular complexity index is 1350. The summed E-state index contributed by atoms with van der Waals surface area (Å²) in [6.45, 7) is 4.81. The summed E-state index contributed by atoms with van der Waals surface area (Å²) in [5.41, 5.74) is 2.87. The Morgan fingerprint density at radius 2 is 2.03 bits per heavy atom. The molecule has 1 N–H and O–H groups in total. The van der Waals surface area contributed by atoms with Crippen LogP contribution in [0.5, 0.6) is 5.75 Å². The quantitative estimate of drug-likeness (QED) is 0.466. The highest BCUT2D eigenvalue weighted by Gasteiger charge is 2.34. The molecule has 0 unspecified atom stereocenters. The lowest BCUT2D eigenvalue weighted by Gasteiger charge is -2.35. The maximum Gasteiger partial charge on any atom is 0.303 e. The number of hydrogen-bond acceptors (Lipinski definition) is 5. The third-order valence-corrected chi connectivity index (χ3v) is 7.51. The number of aryl methyl sites for hydroxylation is 2. The number of benzene rings is 2. The van der Waals surface area contributed by atoms with Crippen molar-refractivity contribution in [1.82, 2.24) is 9.78 Å². The summed E-state index contributed by atoms with van der Waals surface area (Å²) in [7, 11) is -3.89. The molecule has 3 aromatic rings. The van der Waals surface area contributed by atoms with Gasteiger partial charge in [-0.2, -0.15) is 5.10 Å². The van der Waals surface area contributed by atoms with E-state index in [1.165, 1.54) is 4.31 Å². The highest BCUT2D eigenvalue weighted by Crippen LogP contribution is 2.39. The zero-order valence-corrected chi connectivity index (χ0v) is 20.6. The van der Waals surface area contributed by atoms with E-state index in [4.69, 9.17) is 9.84 Å². The minimum Gasteiger partial charge on any atom is -0.486 e. The van der Waals surface area contributed by atoms with Crippen molar-refractivity contribution in [2.75, 3.05) is 10.8 Å². The summed E-state index contributed by atoms with van der Waals surface area (Å²) in [4.78, 5) is 11.3. The molecule has 0 spiro atoms. The van der Waals surface area contributed by atoms with Crippen LogP contribution in [-0.4, -0.2) is 41.9 Å². The van der Waals surface area contributed by atoms with Crippen LogP contribution in [0.1, 0.15) is 43.0 Å². The lowest BCUT2D eigenvalue weighted by molar-refractivity contribution is -0.137. The molecule has 1 aromatic heterocycles. The van der Waals surface area contributed by atoms with Gasteiger partial charge in [0, 0.05) is 19.2 Å². The first-order valence-corrected chi connectivity index (χ1v) is 13.0. The van der Waals surface area contributed by atoms with Crippen LogP contribution in [0, 0.1) is 6.92 Å². The second kappa shape index (κ2) is 10.4. The molecule has 0 saturated carbocycles. The first kappa shape index (κ1) is 24.5. The number of ether oxygens (including phenoxy) is 1. The predicted molar refractivity (Wildman–Crippen MR) is 135 cm³/mol. The van der Waals surface area contributed by atoms with Crippen LogP contribution in [0.3, 0.4) is 0 Å². The van der Waals surface area contributed by atoms with E-state index in [9.17, 15) is 13.2 Å². The SMILES string of the molecule is CCCn1ccc(/C=C/c2ccc3c(c2)N(S(=O)(=O)c2cccc(C)c2)C[C@H](CCC(=O)O)O3)n1. The van der Waals surface area contributed by atoms with E-state index in [1.807, 2.05) is 48.2 Å². The Balaban J connectivity index is 1.68. The van der Waals surface area contributed by atoms with Crippen molar-refractivity contribution in [1.29, 1.82) is 0 Å². The van der Waals surface area contributed by atoms with Crippen LogP contribution in [0.2, 0.25) is 0 Å². The van der Waals surface area contributed by atoms with Gasteiger partial charge in [-0.25, -0.2) is 8.42 Å².